The molecule has 0 N–H and O–H groups in total. The van der Waals surface area contributed by atoms with Gasteiger partial charge in [-0.05, 0) is 116 Å². The quantitative estimate of drug-likeness (QED) is 0.206. The van der Waals surface area contributed by atoms with Crippen LogP contribution in [0.4, 0.5) is 0 Å². The van der Waals surface area contributed by atoms with Crippen LogP contribution in [0.1, 0.15) is 131 Å². The highest BCUT2D eigenvalue weighted by Crippen LogP contribution is 2.41. The Morgan fingerprint density at radius 2 is 1.16 bits per heavy atom. The highest BCUT2D eigenvalue weighted by Gasteiger charge is 2.23. The summed E-state index contributed by atoms with van der Waals surface area (Å²) in [6, 6.07) is 22.5. The molecule has 0 aliphatic heterocycles. The Kier molecular flexibility index (Phi) is 7.37. The highest BCUT2D eigenvalue weighted by molar-refractivity contribution is 6.10. The van der Waals surface area contributed by atoms with E-state index in [0.29, 0.717) is 17.9 Å². The van der Waals surface area contributed by atoms with Crippen LogP contribution in [-0.4, -0.2) is 14.1 Å². The lowest BCUT2D eigenvalue weighted by atomic mass is 9.83. The first-order chi connectivity index (χ1) is 21.2. The van der Waals surface area contributed by atoms with Gasteiger partial charge in [-0.3, -0.25) is 0 Å². The van der Waals surface area contributed by atoms with Gasteiger partial charge in [0.1, 0.15) is 5.82 Å². The average Bonchev–Trinajstić information content (AvgIpc) is 3.69. The second-order valence-corrected chi connectivity index (χ2v) is 14.0. The highest BCUT2D eigenvalue weighted by atomic mass is 15.1. The van der Waals surface area contributed by atoms with E-state index in [0.717, 1.165) is 5.82 Å². The van der Waals surface area contributed by atoms with Crippen molar-refractivity contribution in [2.24, 2.45) is 0 Å². The van der Waals surface area contributed by atoms with Crippen LogP contribution in [-0.2, 0) is 0 Å². The number of fused-ring (bicyclic) bond motifs is 3. The Balaban J connectivity index is 1.24. The molecule has 43 heavy (non-hydrogen) atoms. The fraction of sp³-hybridized carbons (Fsp3) is 0.475. The molecule has 3 aliphatic rings. The number of aromatic nitrogens is 3. The molecule has 0 saturated heterocycles. The maximum absolute atomic E-state index is 4.86. The zero-order valence-electron chi connectivity index (χ0n) is 26.0. The number of benzene rings is 3. The molecule has 3 heteroatoms. The van der Waals surface area contributed by atoms with Gasteiger partial charge < -0.3 is 9.13 Å². The molecule has 3 aliphatic carbocycles. The molecule has 0 radical (unpaired) electrons. The normalized spacial score (nSPS) is 19.5. The lowest BCUT2D eigenvalue weighted by Crippen LogP contribution is -2.13. The van der Waals surface area contributed by atoms with Crippen molar-refractivity contribution in [2.45, 2.75) is 121 Å². The number of aryl methyl sites for hydroxylation is 1. The molecule has 3 fully saturated rings. The SMILES string of the molecule is Cc1cc(-c2nccn2C2CCCCC2)ccc1-n1c2ccc(C3CCCCC3)cc2c2cc(C3CCCCC3)ccc21. The van der Waals surface area contributed by atoms with Gasteiger partial charge in [-0.15, -0.1) is 0 Å². The number of hydrogen-bond acceptors (Lipinski definition) is 1. The van der Waals surface area contributed by atoms with Gasteiger partial charge in [0.25, 0.3) is 0 Å². The summed E-state index contributed by atoms with van der Waals surface area (Å²) in [4.78, 5) is 4.86. The van der Waals surface area contributed by atoms with Crippen LogP contribution in [0.3, 0.4) is 0 Å². The Morgan fingerprint density at radius 1 is 0.605 bits per heavy atom. The molecule has 2 heterocycles. The Bertz CT molecular complexity index is 1660. The summed E-state index contributed by atoms with van der Waals surface area (Å²) in [5.74, 6) is 2.55. The first-order valence-corrected chi connectivity index (χ1v) is 17.5. The largest absolute Gasteiger partial charge is 0.328 e. The van der Waals surface area contributed by atoms with Crippen LogP contribution in [0.25, 0.3) is 38.9 Å². The van der Waals surface area contributed by atoms with Crippen LogP contribution in [0.15, 0.2) is 67.0 Å². The lowest BCUT2D eigenvalue weighted by Gasteiger charge is -2.25. The van der Waals surface area contributed by atoms with Crippen molar-refractivity contribution in [2.75, 3.05) is 0 Å². The molecular weight excluding hydrogens is 522 g/mol. The van der Waals surface area contributed by atoms with Gasteiger partial charge in [0.15, 0.2) is 0 Å². The van der Waals surface area contributed by atoms with Gasteiger partial charge in [-0.25, -0.2) is 4.98 Å². The number of hydrogen-bond donors (Lipinski definition) is 0. The van der Waals surface area contributed by atoms with Crippen molar-refractivity contribution in [3.05, 3.63) is 83.7 Å². The van der Waals surface area contributed by atoms with Crippen molar-refractivity contribution in [3.63, 3.8) is 0 Å². The average molecular weight is 570 g/mol. The molecular formula is C40H47N3. The van der Waals surface area contributed by atoms with E-state index in [9.17, 15) is 0 Å². The minimum absolute atomic E-state index is 0.584. The molecule has 3 nitrogen and oxygen atoms in total. The third-order valence-electron chi connectivity index (χ3n) is 11.3. The zero-order chi connectivity index (χ0) is 28.8. The molecule has 0 amide bonds. The second-order valence-electron chi connectivity index (χ2n) is 14.0. The number of rotatable bonds is 5. The smallest absolute Gasteiger partial charge is 0.140 e. The molecule has 0 atom stereocenters. The van der Waals surface area contributed by atoms with E-state index >= 15 is 0 Å². The van der Waals surface area contributed by atoms with Gasteiger partial charge >= 0.3 is 0 Å². The number of imidazole rings is 1. The summed E-state index contributed by atoms with van der Waals surface area (Å²) in [5.41, 5.74) is 9.62. The molecule has 0 unspecified atom stereocenters. The van der Waals surface area contributed by atoms with Gasteiger partial charge in [-0.2, -0.15) is 0 Å². The summed E-state index contributed by atoms with van der Waals surface area (Å²) >= 11 is 0. The molecule has 8 rings (SSSR count). The van der Waals surface area contributed by atoms with Crippen molar-refractivity contribution < 1.29 is 0 Å². The van der Waals surface area contributed by atoms with Crippen LogP contribution < -0.4 is 0 Å². The van der Waals surface area contributed by atoms with Crippen LogP contribution in [0.5, 0.6) is 0 Å². The van der Waals surface area contributed by atoms with Crippen molar-refractivity contribution >= 4 is 21.8 Å². The maximum Gasteiger partial charge on any atom is 0.140 e. The van der Waals surface area contributed by atoms with Crippen molar-refractivity contribution in [3.8, 4) is 17.1 Å². The molecule has 3 saturated carbocycles. The summed E-state index contributed by atoms with van der Waals surface area (Å²) in [5, 5.41) is 2.87. The fourth-order valence-corrected chi connectivity index (χ4v) is 8.93. The maximum atomic E-state index is 4.86. The van der Waals surface area contributed by atoms with E-state index in [1.807, 2.05) is 6.20 Å². The Labute approximate surface area is 257 Å². The minimum atomic E-state index is 0.584. The van der Waals surface area contributed by atoms with E-state index in [-0.39, 0.29) is 0 Å². The first-order valence-electron chi connectivity index (χ1n) is 17.5. The standard InChI is InChI=1S/C40H47N3/c1-28-25-33(40-41-23-24-42(40)34-15-9-4-10-16-34)19-20-37(28)43-38-21-17-31(29-11-5-2-6-12-29)26-35(38)36-27-32(18-22-39(36)43)30-13-7-3-8-14-30/h17-27,29-30,34H,2-16H2,1H3. The van der Waals surface area contributed by atoms with Gasteiger partial charge in [0.2, 0.25) is 0 Å². The molecule has 3 aromatic carbocycles. The van der Waals surface area contributed by atoms with Gasteiger partial charge in [-0.1, -0.05) is 69.9 Å². The summed E-state index contributed by atoms with van der Waals surface area (Å²) in [7, 11) is 0. The zero-order valence-corrected chi connectivity index (χ0v) is 26.0. The molecule has 5 aromatic rings. The van der Waals surface area contributed by atoms with E-state index in [4.69, 9.17) is 4.98 Å². The number of nitrogens with zero attached hydrogens (tertiary/aromatic N) is 3. The Morgan fingerprint density at radius 3 is 1.72 bits per heavy atom. The molecule has 0 bridgehead atoms. The summed E-state index contributed by atoms with van der Waals surface area (Å²) < 4.78 is 5.00. The Hall–Kier alpha value is -3.33. The lowest BCUT2D eigenvalue weighted by molar-refractivity contribution is 0.355. The third kappa shape index (κ3) is 5.03. The van der Waals surface area contributed by atoms with E-state index in [1.165, 1.54) is 135 Å². The minimum Gasteiger partial charge on any atom is -0.328 e. The van der Waals surface area contributed by atoms with Crippen LogP contribution in [0, 0.1) is 6.92 Å². The molecule has 2 aromatic heterocycles. The van der Waals surface area contributed by atoms with Crippen LogP contribution in [0.2, 0.25) is 0 Å². The van der Waals surface area contributed by atoms with Crippen LogP contribution >= 0.6 is 0 Å². The van der Waals surface area contributed by atoms with E-state index < -0.39 is 0 Å². The topological polar surface area (TPSA) is 22.8 Å². The van der Waals surface area contributed by atoms with E-state index in [1.54, 1.807) is 11.1 Å². The van der Waals surface area contributed by atoms with E-state index in [2.05, 4.69) is 76.9 Å². The fourth-order valence-electron chi connectivity index (χ4n) is 8.93. The summed E-state index contributed by atoms with van der Waals surface area (Å²) in [6.07, 6.45) is 24.5. The predicted octanol–water partition coefficient (Wildman–Crippen LogP) is 11.6. The van der Waals surface area contributed by atoms with Gasteiger partial charge in [0, 0.05) is 40.5 Å². The predicted molar refractivity (Wildman–Crippen MR) is 181 cm³/mol. The monoisotopic (exact) mass is 569 g/mol. The molecule has 0 spiro atoms. The molecule has 222 valence electrons. The second kappa shape index (κ2) is 11.6. The first kappa shape index (κ1) is 27.2. The third-order valence-corrected chi connectivity index (χ3v) is 11.3. The van der Waals surface area contributed by atoms with Crippen molar-refractivity contribution in [1.29, 1.82) is 0 Å². The van der Waals surface area contributed by atoms with Gasteiger partial charge in [0.05, 0.1) is 11.0 Å². The van der Waals surface area contributed by atoms with Crippen molar-refractivity contribution in [1.82, 2.24) is 14.1 Å². The summed E-state index contributed by atoms with van der Waals surface area (Å²) in [6.45, 7) is 2.29.